The van der Waals surface area contributed by atoms with Crippen molar-refractivity contribution in [3.05, 3.63) is 0 Å². The van der Waals surface area contributed by atoms with E-state index in [1.54, 1.807) is 0 Å². The molecule has 21 heavy (non-hydrogen) atoms. The number of hydrogen-bond acceptors (Lipinski definition) is 5. The molecule has 5 heteroatoms. The fourth-order valence-electron chi connectivity index (χ4n) is 3.19. The zero-order chi connectivity index (χ0) is 15.1. The quantitative estimate of drug-likeness (QED) is 0.734. The van der Waals surface area contributed by atoms with Crippen LogP contribution < -0.4 is 0 Å². The minimum atomic E-state index is -0.255. The molecule has 0 saturated carbocycles. The average Bonchev–Trinajstić information content (AvgIpc) is 2.47. The van der Waals surface area contributed by atoms with Crippen molar-refractivity contribution in [1.29, 1.82) is 0 Å². The van der Waals surface area contributed by atoms with Crippen molar-refractivity contribution in [3.63, 3.8) is 0 Å². The van der Waals surface area contributed by atoms with E-state index in [9.17, 15) is 5.11 Å². The highest BCUT2D eigenvalue weighted by Gasteiger charge is 2.18. The number of aliphatic hydroxyl groups excluding tert-OH is 1. The summed E-state index contributed by atoms with van der Waals surface area (Å²) in [6.07, 6.45) is 2.42. The number of likely N-dealkylation sites (N-methyl/N-ethyl adjacent to an activating group) is 1. The number of nitrogens with zero attached hydrogens (tertiary/aromatic N) is 3. The van der Waals surface area contributed by atoms with Crippen molar-refractivity contribution in [2.75, 3.05) is 72.6 Å². The molecule has 2 heterocycles. The summed E-state index contributed by atoms with van der Waals surface area (Å²) in [7, 11) is 2.12. The zero-order valence-corrected chi connectivity index (χ0v) is 13.8. The van der Waals surface area contributed by atoms with Crippen LogP contribution in [0.25, 0.3) is 0 Å². The molecule has 0 radical (unpaired) electrons. The van der Waals surface area contributed by atoms with Crippen molar-refractivity contribution in [2.45, 2.75) is 25.9 Å². The summed E-state index contributed by atoms with van der Waals surface area (Å²) in [5, 5.41) is 10.2. The molecular weight excluding hydrogens is 266 g/mol. The Morgan fingerprint density at radius 1 is 1.14 bits per heavy atom. The van der Waals surface area contributed by atoms with E-state index in [0.717, 1.165) is 58.4 Å². The van der Waals surface area contributed by atoms with Crippen LogP contribution in [-0.4, -0.2) is 98.5 Å². The summed E-state index contributed by atoms with van der Waals surface area (Å²) >= 11 is 0. The van der Waals surface area contributed by atoms with Gasteiger partial charge in [0.15, 0.2) is 0 Å². The Morgan fingerprint density at radius 3 is 2.48 bits per heavy atom. The van der Waals surface area contributed by atoms with Crippen LogP contribution in [0.1, 0.15) is 19.8 Å². The van der Waals surface area contributed by atoms with Crippen LogP contribution in [0.3, 0.4) is 0 Å². The largest absolute Gasteiger partial charge is 0.390 e. The molecule has 5 nitrogen and oxygen atoms in total. The summed E-state index contributed by atoms with van der Waals surface area (Å²) < 4.78 is 5.34. The van der Waals surface area contributed by atoms with Crippen LogP contribution in [0.15, 0.2) is 0 Å². The molecule has 1 unspecified atom stereocenters. The number of ether oxygens (including phenoxy) is 1. The van der Waals surface area contributed by atoms with E-state index in [4.69, 9.17) is 4.74 Å². The second-order valence-corrected chi connectivity index (χ2v) is 6.85. The third kappa shape index (κ3) is 6.61. The minimum absolute atomic E-state index is 0.255. The van der Waals surface area contributed by atoms with Gasteiger partial charge in [-0.2, -0.15) is 0 Å². The van der Waals surface area contributed by atoms with Gasteiger partial charge in [-0.3, -0.25) is 4.90 Å². The Bertz CT molecular complexity index is 277. The third-order valence-electron chi connectivity index (χ3n) is 4.77. The summed E-state index contributed by atoms with van der Waals surface area (Å²) in [5.41, 5.74) is 0. The smallest absolute Gasteiger partial charge is 0.0793 e. The maximum absolute atomic E-state index is 10.2. The van der Waals surface area contributed by atoms with Crippen molar-refractivity contribution in [2.24, 2.45) is 5.92 Å². The van der Waals surface area contributed by atoms with Gasteiger partial charge in [0.2, 0.25) is 0 Å². The normalized spacial score (nSPS) is 24.6. The lowest BCUT2D eigenvalue weighted by molar-refractivity contribution is 0.00808. The number of likely N-dealkylation sites (tertiary alicyclic amines) is 1. The molecule has 0 spiro atoms. The summed E-state index contributed by atoms with van der Waals surface area (Å²) in [6, 6.07) is 0. The second kappa shape index (κ2) is 9.06. The molecule has 0 bridgehead atoms. The van der Waals surface area contributed by atoms with Crippen LogP contribution in [0.5, 0.6) is 0 Å². The number of rotatable bonds is 7. The van der Waals surface area contributed by atoms with Gasteiger partial charge in [-0.05, 0) is 38.9 Å². The van der Waals surface area contributed by atoms with E-state index in [1.165, 1.54) is 25.9 Å². The molecule has 1 atom stereocenters. The monoisotopic (exact) mass is 299 g/mol. The van der Waals surface area contributed by atoms with Gasteiger partial charge >= 0.3 is 0 Å². The van der Waals surface area contributed by atoms with Crippen molar-refractivity contribution >= 4 is 0 Å². The molecule has 2 saturated heterocycles. The molecule has 2 fully saturated rings. The topological polar surface area (TPSA) is 39.2 Å². The highest BCUT2D eigenvalue weighted by atomic mass is 16.5. The van der Waals surface area contributed by atoms with Gasteiger partial charge in [0.25, 0.3) is 0 Å². The van der Waals surface area contributed by atoms with Crippen LogP contribution in [0, 0.1) is 5.92 Å². The number of hydrogen-bond donors (Lipinski definition) is 1. The van der Waals surface area contributed by atoms with Crippen LogP contribution in [0.4, 0.5) is 0 Å². The van der Waals surface area contributed by atoms with E-state index < -0.39 is 0 Å². The van der Waals surface area contributed by atoms with E-state index >= 15 is 0 Å². The molecule has 1 N–H and O–H groups in total. The first-order valence-electron chi connectivity index (χ1n) is 8.52. The minimum Gasteiger partial charge on any atom is -0.390 e. The Kier molecular flexibility index (Phi) is 7.40. The fraction of sp³-hybridized carbons (Fsp3) is 1.00. The maximum atomic E-state index is 10.2. The molecule has 124 valence electrons. The van der Waals surface area contributed by atoms with Gasteiger partial charge < -0.3 is 19.6 Å². The van der Waals surface area contributed by atoms with E-state index in [-0.39, 0.29) is 6.10 Å². The van der Waals surface area contributed by atoms with Crippen LogP contribution in [0.2, 0.25) is 0 Å². The predicted molar refractivity (Wildman–Crippen MR) is 85.6 cm³/mol. The highest BCUT2D eigenvalue weighted by molar-refractivity contribution is 4.73. The van der Waals surface area contributed by atoms with Crippen molar-refractivity contribution in [3.8, 4) is 0 Å². The van der Waals surface area contributed by atoms with Gasteiger partial charge in [-0.15, -0.1) is 0 Å². The third-order valence-corrected chi connectivity index (χ3v) is 4.77. The Morgan fingerprint density at radius 2 is 1.81 bits per heavy atom. The SMILES string of the molecule is CC1CCN(CCN(C)CC(O)CN2CCOCC2)CC1. The highest BCUT2D eigenvalue weighted by Crippen LogP contribution is 2.15. The first-order valence-corrected chi connectivity index (χ1v) is 8.52. The van der Waals surface area contributed by atoms with E-state index in [2.05, 4.69) is 28.7 Å². The zero-order valence-electron chi connectivity index (χ0n) is 13.8. The standard InChI is InChI=1S/C16H33N3O2/c1-15-3-5-18(6-4-15)8-7-17(2)13-16(20)14-19-9-11-21-12-10-19/h15-16,20H,3-14H2,1-2H3. The first kappa shape index (κ1) is 17.2. The van der Waals surface area contributed by atoms with Crippen LogP contribution in [-0.2, 0) is 4.74 Å². The van der Waals surface area contributed by atoms with E-state index in [1.807, 2.05) is 0 Å². The number of piperidine rings is 1. The number of aliphatic hydroxyl groups is 1. The summed E-state index contributed by atoms with van der Waals surface area (Å²) in [4.78, 5) is 7.13. The first-order chi connectivity index (χ1) is 10.1. The number of morpholine rings is 1. The molecule has 2 aliphatic heterocycles. The lowest BCUT2D eigenvalue weighted by Crippen LogP contribution is -2.45. The Labute approximate surface area is 129 Å². The van der Waals surface area contributed by atoms with Gasteiger partial charge in [0, 0.05) is 39.3 Å². The predicted octanol–water partition coefficient (Wildman–Crippen LogP) is 0.343. The van der Waals surface area contributed by atoms with Gasteiger partial charge in [-0.25, -0.2) is 0 Å². The molecule has 2 aliphatic rings. The number of β-amino-alcohol motifs (C(OH)–C–C–N with tert-alkyl or cyclic N) is 1. The van der Waals surface area contributed by atoms with Crippen LogP contribution >= 0.6 is 0 Å². The summed E-state index contributed by atoms with van der Waals surface area (Å²) in [6.45, 7) is 12.1. The lowest BCUT2D eigenvalue weighted by atomic mass is 9.99. The maximum Gasteiger partial charge on any atom is 0.0793 e. The average molecular weight is 299 g/mol. The Hall–Kier alpha value is -0.200. The van der Waals surface area contributed by atoms with Gasteiger partial charge in [-0.1, -0.05) is 6.92 Å². The molecule has 0 amide bonds. The van der Waals surface area contributed by atoms with Crippen molar-refractivity contribution < 1.29 is 9.84 Å². The summed E-state index contributed by atoms with van der Waals surface area (Å²) in [5.74, 6) is 0.898. The molecule has 0 aliphatic carbocycles. The lowest BCUT2D eigenvalue weighted by Gasteiger charge is -2.33. The molecular formula is C16H33N3O2. The fourth-order valence-corrected chi connectivity index (χ4v) is 3.19. The molecule has 2 rings (SSSR count). The molecule has 0 aromatic heterocycles. The molecule has 0 aromatic carbocycles. The Balaban J connectivity index is 1.56. The van der Waals surface area contributed by atoms with Crippen molar-refractivity contribution in [1.82, 2.24) is 14.7 Å². The molecule has 0 aromatic rings. The van der Waals surface area contributed by atoms with Gasteiger partial charge in [0.1, 0.15) is 0 Å². The van der Waals surface area contributed by atoms with E-state index in [0.29, 0.717) is 0 Å². The second-order valence-electron chi connectivity index (χ2n) is 6.85. The van der Waals surface area contributed by atoms with Gasteiger partial charge in [0.05, 0.1) is 19.3 Å².